The van der Waals surface area contributed by atoms with Gasteiger partial charge in [-0.05, 0) is 115 Å². The van der Waals surface area contributed by atoms with Crippen LogP contribution in [0.5, 0.6) is 5.75 Å². The van der Waals surface area contributed by atoms with Crippen molar-refractivity contribution in [3.63, 3.8) is 0 Å². The number of aliphatic hydroxyl groups excluding tert-OH is 1. The first-order valence-electron chi connectivity index (χ1n) is 19.8. The Hall–Kier alpha value is -4.59. The van der Waals surface area contributed by atoms with Gasteiger partial charge < -0.3 is 14.9 Å². The zero-order valence-corrected chi connectivity index (χ0v) is 34.6. The van der Waals surface area contributed by atoms with Crippen LogP contribution in [0.3, 0.4) is 0 Å². The Morgan fingerprint density at radius 2 is 1.64 bits per heavy atom. The Labute approximate surface area is 347 Å². The zero-order chi connectivity index (χ0) is 42.0. The Morgan fingerprint density at radius 1 is 0.915 bits per heavy atom. The largest absolute Gasteiger partial charge is 0.573 e. The summed E-state index contributed by atoms with van der Waals surface area (Å²) in [6.07, 6.45) is -0.119. The molecule has 59 heavy (non-hydrogen) atoms. The summed E-state index contributed by atoms with van der Waals surface area (Å²) in [4.78, 5) is 15.0. The predicted octanol–water partition coefficient (Wildman–Crippen LogP) is 10.5. The molecule has 310 valence electrons. The van der Waals surface area contributed by atoms with Gasteiger partial charge in [0.15, 0.2) is 5.78 Å². The lowest BCUT2D eigenvalue weighted by Gasteiger charge is -2.46. The lowest BCUT2D eigenvalue weighted by Crippen LogP contribution is -2.53. The zero-order valence-electron chi connectivity index (χ0n) is 33.0. The minimum Gasteiger partial charge on any atom is -0.406 e. The van der Waals surface area contributed by atoms with Crippen LogP contribution < -0.4 is 4.74 Å². The summed E-state index contributed by atoms with van der Waals surface area (Å²) in [6.45, 7) is 3.50. The van der Waals surface area contributed by atoms with Gasteiger partial charge in [0.1, 0.15) is 9.96 Å². The van der Waals surface area contributed by atoms with Crippen LogP contribution in [0.15, 0.2) is 130 Å². The number of carbonyl (C=O) groups is 1. The number of halogens is 3. The predicted molar refractivity (Wildman–Crippen MR) is 224 cm³/mol. The monoisotopic (exact) mass is 843 g/mol. The second-order valence-electron chi connectivity index (χ2n) is 16.1. The summed E-state index contributed by atoms with van der Waals surface area (Å²) < 4.78 is 73.0. The molecule has 5 aromatic rings. The number of hydrogen-bond acceptors (Lipinski definition) is 7. The van der Waals surface area contributed by atoms with Crippen LogP contribution in [0.1, 0.15) is 90.9 Å². The standard InChI is InChI=1S/C47H48F3NO6S2/c1-32-10-8-25-45(2)42(24-26-46(45,54)31-51(59(55,56)43-15-9-27-58-43)30-33-17-21-37(22-18-33)57-47(48,49)50)39-23-19-34(28-36(52)20-16-32)29-41(39)44(53)40-14-7-6-13-38(40)35-11-4-3-5-12-35/h3-7,9-15,17-19,21-23,27,29,36,42,52,54H,8,16,20,24-26,28,30-31H2,1-2H3. The Kier molecular flexibility index (Phi) is 12.4. The third kappa shape index (κ3) is 9.27. The van der Waals surface area contributed by atoms with E-state index >= 15 is 4.79 Å². The van der Waals surface area contributed by atoms with Gasteiger partial charge in [0.05, 0.1) is 11.7 Å². The molecule has 7 nitrogen and oxygen atoms in total. The van der Waals surface area contributed by atoms with Crippen LogP contribution in [0.4, 0.5) is 13.2 Å². The van der Waals surface area contributed by atoms with Gasteiger partial charge in [-0.2, -0.15) is 4.31 Å². The highest BCUT2D eigenvalue weighted by atomic mass is 32.2. The van der Waals surface area contributed by atoms with Crippen LogP contribution in [-0.4, -0.2) is 53.3 Å². The number of aliphatic hydroxyl groups is 2. The third-order valence-electron chi connectivity index (χ3n) is 12.2. The SMILES string of the molecule is CC1=CCCC2(C)C(CCC2(O)CN(Cc2ccc(OC(F)(F)F)cc2)S(=O)(=O)c2cccs2)c2ccc(cc2C(=O)c2ccccc2-c2ccccc2)CC(O)CC1. The molecule has 3 aliphatic rings. The molecule has 0 spiro atoms. The van der Waals surface area contributed by atoms with E-state index in [2.05, 4.69) is 10.8 Å². The number of nitrogens with zero attached hydrogens (tertiary/aromatic N) is 1. The van der Waals surface area contributed by atoms with Gasteiger partial charge in [-0.1, -0.05) is 104 Å². The first-order chi connectivity index (χ1) is 28.1. The highest BCUT2D eigenvalue weighted by Crippen LogP contribution is 2.59. The van der Waals surface area contributed by atoms with Gasteiger partial charge in [0.25, 0.3) is 10.0 Å². The molecule has 4 aromatic carbocycles. The van der Waals surface area contributed by atoms with Crippen molar-refractivity contribution >= 4 is 27.1 Å². The Balaban J connectivity index is 1.32. The van der Waals surface area contributed by atoms with Crippen LogP contribution >= 0.6 is 11.3 Å². The molecule has 0 amide bonds. The van der Waals surface area contributed by atoms with Crippen molar-refractivity contribution in [1.82, 2.24) is 4.31 Å². The van der Waals surface area contributed by atoms with E-state index in [0.717, 1.165) is 51.3 Å². The molecular weight excluding hydrogens is 796 g/mol. The number of alkyl halides is 3. The molecule has 2 N–H and O–H groups in total. The van der Waals surface area contributed by atoms with Gasteiger partial charge in [-0.25, -0.2) is 8.42 Å². The van der Waals surface area contributed by atoms with E-state index in [1.807, 2.05) is 86.6 Å². The Bertz CT molecular complexity index is 2400. The van der Waals surface area contributed by atoms with Crippen LogP contribution in [0.25, 0.3) is 11.1 Å². The first-order valence-corrected chi connectivity index (χ1v) is 22.1. The van der Waals surface area contributed by atoms with Crippen molar-refractivity contribution in [1.29, 1.82) is 0 Å². The van der Waals surface area contributed by atoms with E-state index in [1.54, 1.807) is 11.4 Å². The van der Waals surface area contributed by atoms with Crippen molar-refractivity contribution in [2.24, 2.45) is 5.41 Å². The second kappa shape index (κ2) is 17.2. The maximum Gasteiger partial charge on any atom is 0.573 e. The molecule has 0 aliphatic heterocycles. The molecule has 0 radical (unpaired) electrons. The number of benzene rings is 4. The van der Waals surface area contributed by atoms with E-state index in [-0.39, 0.29) is 35.4 Å². The van der Waals surface area contributed by atoms with Crippen LogP contribution in [0, 0.1) is 5.41 Å². The number of ketones is 1. The van der Waals surface area contributed by atoms with Gasteiger partial charge in [-0.3, -0.25) is 4.79 Å². The lowest BCUT2D eigenvalue weighted by atomic mass is 9.64. The molecule has 1 saturated carbocycles. The van der Waals surface area contributed by atoms with E-state index in [9.17, 15) is 31.8 Å². The lowest BCUT2D eigenvalue weighted by molar-refractivity contribution is -0.274. The van der Waals surface area contributed by atoms with Crippen molar-refractivity contribution in [2.45, 2.75) is 93.5 Å². The highest BCUT2D eigenvalue weighted by Gasteiger charge is 2.58. The molecule has 1 heterocycles. The smallest absolute Gasteiger partial charge is 0.406 e. The van der Waals surface area contributed by atoms with Crippen molar-refractivity contribution in [2.75, 3.05) is 6.54 Å². The second-order valence-corrected chi connectivity index (χ2v) is 19.2. The normalized spacial score (nSPS) is 22.7. The molecule has 8 rings (SSSR count). The molecule has 0 saturated heterocycles. The van der Waals surface area contributed by atoms with Crippen molar-refractivity contribution in [3.05, 3.63) is 154 Å². The number of hydrogen-bond donors (Lipinski definition) is 2. The third-order valence-corrected chi connectivity index (χ3v) is 15.4. The van der Waals surface area contributed by atoms with Gasteiger partial charge in [0, 0.05) is 29.6 Å². The summed E-state index contributed by atoms with van der Waals surface area (Å²) in [5, 5.41) is 25.9. The minimum atomic E-state index is -4.88. The van der Waals surface area contributed by atoms with Crippen LogP contribution in [0.2, 0.25) is 0 Å². The quantitative estimate of drug-likeness (QED) is 0.107. The van der Waals surface area contributed by atoms with Gasteiger partial charge in [0.2, 0.25) is 0 Å². The maximum absolute atomic E-state index is 15.0. The molecule has 12 heteroatoms. The number of rotatable bonds is 10. The fourth-order valence-corrected chi connectivity index (χ4v) is 11.6. The van der Waals surface area contributed by atoms with E-state index in [1.165, 1.54) is 22.5 Å². The molecule has 1 fully saturated rings. The van der Waals surface area contributed by atoms with E-state index < -0.39 is 39.3 Å². The van der Waals surface area contributed by atoms with E-state index in [4.69, 9.17) is 0 Å². The molecular formula is C47H48F3NO6S2. The summed E-state index contributed by atoms with van der Waals surface area (Å²) in [5.41, 5.74) is 3.19. The molecule has 1 aromatic heterocycles. The van der Waals surface area contributed by atoms with Gasteiger partial charge in [-0.15, -0.1) is 24.5 Å². The van der Waals surface area contributed by atoms with Crippen molar-refractivity contribution < 1.29 is 41.3 Å². The fourth-order valence-electron chi connectivity index (χ4n) is 8.95. The van der Waals surface area contributed by atoms with Crippen LogP contribution in [-0.2, 0) is 23.0 Å². The summed E-state index contributed by atoms with van der Waals surface area (Å²) >= 11 is 1.04. The molecule has 3 aliphatic carbocycles. The minimum absolute atomic E-state index is 0.0742. The number of fused-ring (bicyclic) bond motifs is 8. The molecule has 4 atom stereocenters. The number of sulfonamides is 1. The van der Waals surface area contributed by atoms with Crippen molar-refractivity contribution in [3.8, 4) is 16.9 Å². The summed E-state index contributed by atoms with van der Waals surface area (Å²) in [7, 11) is -4.20. The van der Waals surface area contributed by atoms with E-state index in [0.29, 0.717) is 55.2 Å². The topological polar surface area (TPSA) is 104 Å². The van der Waals surface area contributed by atoms with Gasteiger partial charge >= 0.3 is 6.36 Å². The number of thiophene rings is 1. The number of carbonyl (C=O) groups excluding carboxylic acids is 1. The Morgan fingerprint density at radius 3 is 2.36 bits per heavy atom. The average molecular weight is 844 g/mol. The maximum atomic E-state index is 15.0. The summed E-state index contributed by atoms with van der Waals surface area (Å²) in [6, 6.07) is 31.1. The number of ether oxygens (including phenoxy) is 1. The average Bonchev–Trinajstić information content (AvgIpc) is 3.84. The summed E-state index contributed by atoms with van der Waals surface area (Å²) in [5.74, 6) is -0.994. The number of allylic oxidation sites excluding steroid dienone is 2. The highest BCUT2D eigenvalue weighted by molar-refractivity contribution is 7.91. The first kappa shape index (κ1) is 42.5. The molecule has 2 bridgehead atoms. The fraction of sp³-hybridized carbons (Fsp3) is 0.340. The molecule has 4 unspecified atom stereocenters.